The number of carbonyl (C=O) groups is 1. The lowest BCUT2D eigenvalue weighted by Crippen LogP contribution is -2.42. The van der Waals surface area contributed by atoms with Gasteiger partial charge >= 0.3 is 5.69 Å². The lowest BCUT2D eigenvalue weighted by atomic mass is 9.73. The minimum atomic E-state index is -0.418. The molecule has 1 aromatic carbocycles. The quantitative estimate of drug-likeness (QED) is 0.576. The molecule has 0 amide bonds. The number of aromatic amines is 1. The number of carbonyl (C=O) groups excluding carboxylic acids is 1. The van der Waals surface area contributed by atoms with Crippen molar-refractivity contribution in [3.05, 3.63) is 56.4 Å². The molecular formula is C25H30N3O4+. The van der Waals surface area contributed by atoms with E-state index < -0.39 is 11.2 Å². The molecule has 0 radical (unpaired) electrons. The maximum absolute atomic E-state index is 13.3. The monoisotopic (exact) mass is 436 g/mol. The van der Waals surface area contributed by atoms with Gasteiger partial charge in [0.25, 0.3) is 11.2 Å². The summed E-state index contributed by atoms with van der Waals surface area (Å²) in [7, 11) is 3.10. The van der Waals surface area contributed by atoms with E-state index in [1.807, 2.05) is 24.3 Å². The van der Waals surface area contributed by atoms with Crippen molar-refractivity contribution in [2.75, 3.05) is 6.61 Å². The molecule has 0 fully saturated rings. The Labute approximate surface area is 186 Å². The Morgan fingerprint density at radius 3 is 2.34 bits per heavy atom. The smallest absolute Gasteiger partial charge is 0.417 e. The molecule has 7 heteroatoms. The number of hydrogen-bond acceptors (Lipinski definition) is 4. The van der Waals surface area contributed by atoms with E-state index in [0.29, 0.717) is 41.6 Å². The molecule has 1 N–H and O–H groups in total. The van der Waals surface area contributed by atoms with Gasteiger partial charge in [0.1, 0.15) is 16.8 Å². The Balaban J connectivity index is 2.02. The molecule has 0 atom stereocenters. The van der Waals surface area contributed by atoms with Crippen LogP contribution in [0.2, 0.25) is 0 Å². The average Bonchev–Trinajstić information content (AvgIpc) is 2.75. The summed E-state index contributed by atoms with van der Waals surface area (Å²) in [6.07, 6.45) is 3.08. The van der Waals surface area contributed by atoms with Crippen LogP contribution in [0.3, 0.4) is 0 Å². The Kier molecular flexibility index (Phi) is 5.53. The molecule has 2 heterocycles. The van der Waals surface area contributed by atoms with E-state index in [-0.39, 0.29) is 11.2 Å². The summed E-state index contributed by atoms with van der Waals surface area (Å²) in [5.74, 6) is 0.749. The molecule has 1 aliphatic rings. The van der Waals surface area contributed by atoms with Gasteiger partial charge in [-0.15, -0.1) is 0 Å². The van der Waals surface area contributed by atoms with Crippen molar-refractivity contribution >= 4 is 16.8 Å². The number of nitrogens with zero attached hydrogens (tertiary/aromatic N) is 2. The number of pyridine rings is 1. The zero-order valence-electron chi connectivity index (χ0n) is 19.4. The molecule has 0 spiro atoms. The van der Waals surface area contributed by atoms with Gasteiger partial charge < -0.3 is 4.74 Å². The molecule has 168 valence electrons. The first-order valence-electron chi connectivity index (χ1n) is 11.1. The van der Waals surface area contributed by atoms with Crippen LogP contribution in [0, 0.1) is 5.41 Å². The highest BCUT2D eigenvalue weighted by Crippen LogP contribution is 2.39. The molecule has 1 aliphatic carbocycles. The number of benzene rings is 1. The van der Waals surface area contributed by atoms with Crippen molar-refractivity contribution in [2.24, 2.45) is 19.5 Å². The maximum atomic E-state index is 13.3. The summed E-state index contributed by atoms with van der Waals surface area (Å²) in [5, 5.41) is 0.348. The van der Waals surface area contributed by atoms with E-state index >= 15 is 0 Å². The maximum Gasteiger partial charge on any atom is 0.417 e. The zero-order valence-corrected chi connectivity index (χ0v) is 19.4. The number of ketones is 1. The van der Waals surface area contributed by atoms with E-state index in [2.05, 4.69) is 25.8 Å². The van der Waals surface area contributed by atoms with Crippen molar-refractivity contribution < 1.29 is 14.5 Å². The van der Waals surface area contributed by atoms with Gasteiger partial charge in [-0.25, -0.2) is 14.3 Å². The molecule has 0 saturated heterocycles. The molecule has 4 rings (SSSR count). The molecule has 0 aliphatic heterocycles. The summed E-state index contributed by atoms with van der Waals surface area (Å²) >= 11 is 0. The molecule has 0 saturated carbocycles. The molecule has 0 bridgehead atoms. The molecule has 7 nitrogen and oxygen atoms in total. The predicted octanol–water partition coefficient (Wildman–Crippen LogP) is 3.05. The minimum absolute atomic E-state index is 0.00331. The van der Waals surface area contributed by atoms with E-state index in [1.54, 1.807) is 7.05 Å². The number of nitrogens with one attached hydrogen (secondary N) is 1. The van der Waals surface area contributed by atoms with Gasteiger partial charge in [0.05, 0.1) is 19.2 Å². The molecule has 32 heavy (non-hydrogen) atoms. The van der Waals surface area contributed by atoms with Crippen LogP contribution in [0.25, 0.3) is 22.2 Å². The highest BCUT2D eigenvalue weighted by molar-refractivity contribution is 6.09. The fourth-order valence-corrected chi connectivity index (χ4v) is 4.54. The third-order valence-corrected chi connectivity index (χ3v) is 6.22. The van der Waals surface area contributed by atoms with Crippen molar-refractivity contribution in [3.8, 4) is 16.9 Å². The Morgan fingerprint density at radius 1 is 1.00 bits per heavy atom. The van der Waals surface area contributed by atoms with Crippen LogP contribution in [-0.4, -0.2) is 21.5 Å². The molecule has 3 aromatic rings. The van der Waals surface area contributed by atoms with Crippen LogP contribution >= 0.6 is 0 Å². The Morgan fingerprint density at radius 2 is 1.69 bits per heavy atom. The SMILES string of the molecule is CCCCOc1ccc(-c2c3c([nH+]c4c2c(=O)n(C)c(=O)n4C)CC(C)(C)CC3=O)cc1. The van der Waals surface area contributed by atoms with Crippen molar-refractivity contribution in [1.82, 2.24) is 9.13 Å². The van der Waals surface area contributed by atoms with Gasteiger partial charge in [0.2, 0.25) is 0 Å². The first kappa shape index (κ1) is 22.0. The van der Waals surface area contributed by atoms with Crippen molar-refractivity contribution in [3.63, 3.8) is 0 Å². The first-order chi connectivity index (χ1) is 15.1. The number of Topliss-reactive ketones (excluding diaryl/α,β-unsaturated/α-hetero) is 1. The summed E-state index contributed by atoms with van der Waals surface area (Å²) in [4.78, 5) is 42.4. The van der Waals surface area contributed by atoms with Crippen LogP contribution in [0.1, 0.15) is 56.1 Å². The number of ether oxygens (including phenoxy) is 1. The topological polar surface area (TPSA) is 84.4 Å². The molecule has 2 aromatic heterocycles. The Bertz CT molecular complexity index is 1330. The summed E-state index contributed by atoms with van der Waals surface area (Å²) in [6.45, 7) is 6.86. The van der Waals surface area contributed by atoms with Crippen molar-refractivity contribution in [1.29, 1.82) is 0 Å². The summed E-state index contributed by atoms with van der Waals surface area (Å²) in [5.41, 5.74) is 2.05. The second kappa shape index (κ2) is 8.04. The average molecular weight is 437 g/mol. The van der Waals surface area contributed by atoms with E-state index in [0.717, 1.165) is 34.4 Å². The number of H-pyrrole nitrogens is 1. The number of rotatable bonds is 5. The van der Waals surface area contributed by atoms with Gasteiger partial charge in [-0.1, -0.05) is 39.3 Å². The van der Waals surface area contributed by atoms with Gasteiger partial charge in [-0.2, -0.15) is 4.57 Å². The van der Waals surface area contributed by atoms with Gasteiger partial charge in [-0.05, 0) is 29.5 Å². The van der Waals surface area contributed by atoms with Crippen LogP contribution < -0.4 is 21.0 Å². The molecule has 0 unspecified atom stereocenters. The fraction of sp³-hybridized carbons (Fsp3) is 0.440. The Hall–Kier alpha value is -3.22. The van der Waals surface area contributed by atoms with Crippen LogP contribution in [-0.2, 0) is 20.5 Å². The highest BCUT2D eigenvalue weighted by Gasteiger charge is 2.38. The van der Waals surface area contributed by atoms with Crippen molar-refractivity contribution in [2.45, 2.75) is 46.5 Å². The fourth-order valence-electron chi connectivity index (χ4n) is 4.54. The van der Waals surface area contributed by atoms with E-state index in [4.69, 9.17) is 4.74 Å². The third kappa shape index (κ3) is 3.66. The van der Waals surface area contributed by atoms with Crippen LogP contribution in [0.15, 0.2) is 33.9 Å². The second-order valence-corrected chi connectivity index (χ2v) is 9.45. The number of fused-ring (bicyclic) bond motifs is 2. The lowest BCUT2D eigenvalue weighted by molar-refractivity contribution is -0.365. The third-order valence-electron chi connectivity index (χ3n) is 6.22. The number of aryl methyl sites for hydroxylation is 1. The van der Waals surface area contributed by atoms with E-state index in [1.165, 1.54) is 11.6 Å². The molecular weight excluding hydrogens is 406 g/mol. The second-order valence-electron chi connectivity index (χ2n) is 9.45. The predicted molar refractivity (Wildman–Crippen MR) is 123 cm³/mol. The lowest BCUT2D eigenvalue weighted by Gasteiger charge is -2.29. The van der Waals surface area contributed by atoms with Crippen LogP contribution in [0.5, 0.6) is 5.75 Å². The minimum Gasteiger partial charge on any atom is -0.494 e. The van der Waals surface area contributed by atoms with Crippen LogP contribution in [0.4, 0.5) is 0 Å². The number of hydrogen-bond donors (Lipinski definition) is 0. The van der Waals surface area contributed by atoms with Gasteiger partial charge in [0, 0.05) is 25.5 Å². The standard InChI is InChI=1S/C25H29N3O4/c1-6-7-12-32-16-10-8-15(9-11-16)19-20-17(13-25(2,3)14-18(20)29)26-22-21(19)23(30)28(5)24(31)27(22)4/h8-11H,6-7,12-14H2,1-5H3/p+1. The number of unbranched alkanes of at least 4 members (excludes halogenated alkanes) is 1. The first-order valence-corrected chi connectivity index (χ1v) is 11.1. The zero-order chi connectivity index (χ0) is 23.2. The largest absolute Gasteiger partial charge is 0.494 e. The summed E-state index contributed by atoms with van der Waals surface area (Å²) in [6, 6.07) is 7.50. The summed E-state index contributed by atoms with van der Waals surface area (Å²) < 4.78 is 8.31. The van der Waals surface area contributed by atoms with E-state index in [9.17, 15) is 14.4 Å². The number of aromatic nitrogens is 3. The van der Waals surface area contributed by atoms with Gasteiger partial charge in [-0.3, -0.25) is 9.59 Å². The normalized spacial score (nSPS) is 15.1. The highest BCUT2D eigenvalue weighted by atomic mass is 16.5. The van der Waals surface area contributed by atoms with Gasteiger partial charge in [0.15, 0.2) is 5.78 Å².